The molecule has 2 aromatic rings. The number of hydrogen-bond acceptors (Lipinski definition) is 1. The molecule has 21 heavy (non-hydrogen) atoms. The van der Waals surface area contributed by atoms with Crippen molar-refractivity contribution in [2.45, 2.75) is 33.6 Å². The predicted octanol–water partition coefficient (Wildman–Crippen LogP) is 5.47. The van der Waals surface area contributed by atoms with Gasteiger partial charge in [0.2, 0.25) is 0 Å². The van der Waals surface area contributed by atoms with Crippen LogP contribution in [0, 0.1) is 12.3 Å². The van der Waals surface area contributed by atoms with Crippen LogP contribution in [-0.2, 0) is 6.42 Å². The number of rotatable bonds is 1. The monoisotopic (exact) mass is 409 g/mol. The highest BCUT2D eigenvalue weighted by Gasteiger charge is 2.34. The second-order valence-corrected chi connectivity index (χ2v) is 8.29. The summed E-state index contributed by atoms with van der Waals surface area (Å²) in [6.45, 7) is 6.39. The molecule has 0 radical (unpaired) electrons. The van der Waals surface area contributed by atoms with Crippen molar-refractivity contribution in [3.63, 3.8) is 0 Å². The smallest absolute Gasteiger partial charge is 0.165 e. The second-order valence-electron chi connectivity index (χ2n) is 6.52. The minimum absolute atomic E-state index is 0.0190. The first-order valence-corrected chi connectivity index (χ1v) is 8.57. The van der Waals surface area contributed by atoms with Crippen molar-refractivity contribution in [2.24, 2.45) is 5.41 Å². The first-order chi connectivity index (χ1) is 9.78. The van der Waals surface area contributed by atoms with Crippen LogP contribution in [0.15, 0.2) is 33.2 Å². The lowest BCUT2D eigenvalue weighted by Crippen LogP contribution is -2.27. The molecule has 0 spiro atoms. The number of ketones is 1. The van der Waals surface area contributed by atoms with Crippen molar-refractivity contribution in [1.82, 2.24) is 4.57 Å². The summed E-state index contributed by atoms with van der Waals surface area (Å²) in [7, 11) is 0. The SMILES string of the molecule is Cc1cc2c(n1-c1cc(Br)ccc1Br)CC(C)(C)CC2=O. The van der Waals surface area contributed by atoms with Gasteiger partial charge in [0, 0.05) is 32.3 Å². The van der Waals surface area contributed by atoms with Gasteiger partial charge < -0.3 is 4.57 Å². The Morgan fingerprint density at radius 3 is 2.57 bits per heavy atom. The molecule has 110 valence electrons. The van der Waals surface area contributed by atoms with Gasteiger partial charge >= 0.3 is 0 Å². The summed E-state index contributed by atoms with van der Waals surface area (Å²) in [5.74, 6) is 0.259. The summed E-state index contributed by atoms with van der Waals surface area (Å²) in [4.78, 5) is 12.4. The fourth-order valence-electron chi connectivity index (χ4n) is 3.14. The molecule has 0 fully saturated rings. The third kappa shape index (κ3) is 2.64. The summed E-state index contributed by atoms with van der Waals surface area (Å²) in [6.07, 6.45) is 1.55. The molecule has 0 atom stereocenters. The summed E-state index contributed by atoms with van der Waals surface area (Å²) in [6, 6.07) is 8.15. The standard InChI is InChI=1S/C17H17Br2NO/c1-10-6-12-15(8-17(2,3)9-16(12)21)20(10)14-7-11(18)4-5-13(14)19/h4-7H,8-9H2,1-3H3. The largest absolute Gasteiger partial charge is 0.316 e. The van der Waals surface area contributed by atoms with E-state index in [0.717, 1.165) is 38.0 Å². The minimum Gasteiger partial charge on any atom is -0.316 e. The predicted molar refractivity (Wildman–Crippen MR) is 92.3 cm³/mol. The van der Waals surface area contributed by atoms with Gasteiger partial charge in [0.1, 0.15) is 0 Å². The maximum absolute atomic E-state index is 12.4. The van der Waals surface area contributed by atoms with Crippen molar-refractivity contribution in [2.75, 3.05) is 0 Å². The van der Waals surface area contributed by atoms with Crippen LogP contribution < -0.4 is 0 Å². The van der Waals surface area contributed by atoms with E-state index in [9.17, 15) is 4.79 Å². The van der Waals surface area contributed by atoms with E-state index < -0.39 is 0 Å². The molecule has 1 aliphatic rings. The quantitative estimate of drug-likeness (QED) is 0.611. The topological polar surface area (TPSA) is 22.0 Å². The fourth-order valence-corrected chi connectivity index (χ4v) is 3.92. The molecule has 0 bridgehead atoms. The first-order valence-electron chi connectivity index (χ1n) is 6.98. The Kier molecular flexibility index (Phi) is 3.65. The molecule has 0 saturated heterocycles. The molecule has 4 heteroatoms. The van der Waals surface area contributed by atoms with E-state index in [2.05, 4.69) is 63.3 Å². The van der Waals surface area contributed by atoms with Crippen molar-refractivity contribution in [3.05, 3.63) is 50.2 Å². The molecular formula is C17H17Br2NO. The van der Waals surface area contributed by atoms with Crippen LogP contribution in [0.5, 0.6) is 0 Å². The number of fused-ring (bicyclic) bond motifs is 1. The minimum atomic E-state index is 0.0190. The molecule has 3 rings (SSSR count). The molecule has 0 amide bonds. The van der Waals surface area contributed by atoms with Gasteiger partial charge in [-0.1, -0.05) is 29.8 Å². The Hall–Kier alpha value is -0.870. The van der Waals surface area contributed by atoms with Gasteiger partial charge in [0.05, 0.1) is 5.69 Å². The summed E-state index contributed by atoms with van der Waals surface area (Å²) in [5.41, 5.74) is 4.22. The Bertz CT molecular complexity index is 743. The number of hydrogen-bond donors (Lipinski definition) is 0. The summed E-state index contributed by atoms with van der Waals surface area (Å²) in [5, 5.41) is 0. The lowest BCUT2D eigenvalue weighted by atomic mass is 9.76. The van der Waals surface area contributed by atoms with Gasteiger partial charge in [-0.15, -0.1) is 0 Å². The number of carbonyl (C=O) groups is 1. The average molecular weight is 411 g/mol. The van der Waals surface area contributed by atoms with Crippen LogP contribution in [0.2, 0.25) is 0 Å². The Labute approximate surface area is 141 Å². The molecule has 2 nitrogen and oxygen atoms in total. The van der Waals surface area contributed by atoms with Crippen LogP contribution in [-0.4, -0.2) is 10.4 Å². The summed E-state index contributed by atoms with van der Waals surface area (Å²) >= 11 is 7.17. The molecule has 0 saturated carbocycles. The molecule has 0 aliphatic heterocycles. The van der Waals surface area contributed by atoms with Gasteiger partial charge in [0.15, 0.2) is 5.78 Å². The van der Waals surface area contributed by atoms with Crippen molar-refractivity contribution in [1.29, 1.82) is 0 Å². The van der Waals surface area contributed by atoms with Crippen LogP contribution in [0.1, 0.15) is 42.0 Å². The van der Waals surface area contributed by atoms with Crippen LogP contribution in [0.25, 0.3) is 5.69 Å². The number of aromatic nitrogens is 1. The fraction of sp³-hybridized carbons (Fsp3) is 0.353. The summed E-state index contributed by atoms with van der Waals surface area (Å²) < 4.78 is 4.27. The Morgan fingerprint density at radius 2 is 1.86 bits per heavy atom. The van der Waals surface area contributed by atoms with Crippen molar-refractivity contribution >= 4 is 37.6 Å². The molecule has 0 unspecified atom stereocenters. The van der Waals surface area contributed by atoms with E-state index in [1.165, 1.54) is 0 Å². The van der Waals surface area contributed by atoms with E-state index in [4.69, 9.17) is 0 Å². The number of Topliss-reactive ketones (excluding diaryl/α,β-unsaturated/α-hetero) is 1. The van der Waals surface area contributed by atoms with E-state index in [-0.39, 0.29) is 11.2 Å². The zero-order valence-corrected chi connectivity index (χ0v) is 15.5. The second kappa shape index (κ2) is 5.10. The van der Waals surface area contributed by atoms with Crippen LogP contribution >= 0.6 is 31.9 Å². The van der Waals surface area contributed by atoms with E-state index in [0.29, 0.717) is 6.42 Å². The molecule has 1 aliphatic carbocycles. The first kappa shape index (κ1) is 15.0. The van der Waals surface area contributed by atoms with Gasteiger partial charge in [-0.2, -0.15) is 0 Å². The average Bonchev–Trinajstić information content (AvgIpc) is 2.68. The van der Waals surface area contributed by atoms with Crippen molar-refractivity contribution < 1.29 is 4.79 Å². The van der Waals surface area contributed by atoms with E-state index >= 15 is 0 Å². The third-order valence-electron chi connectivity index (χ3n) is 4.02. The normalized spacial score (nSPS) is 16.9. The zero-order chi connectivity index (χ0) is 15.4. The molecule has 0 N–H and O–H groups in total. The lowest BCUT2D eigenvalue weighted by Gasteiger charge is -2.30. The number of carbonyl (C=O) groups excluding carboxylic acids is 1. The number of aryl methyl sites for hydroxylation is 1. The Balaban J connectivity index is 2.26. The molecule has 1 aromatic heterocycles. The molecule has 1 aromatic carbocycles. The third-order valence-corrected chi connectivity index (χ3v) is 5.19. The van der Waals surface area contributed by atoms with Crippen molar-refractivity contribution in [3.8, 4) is 5.69 Å². The maximum Gasteiger partial charge on any atom is 0.165 e. The zero-order valence-electron chi connectivity index (χ0n) is 12.3. The highest BCUT2D eigenvalue weighted by molar-refractivity contribution is 9.11. The van der Waals surface area contributed by atoms with Gasteiger partial charge in [-0.3, -0.25) is 4.79 Å². The maximum atomic E-state index is 12.4. The lowest BCUT2D eigenvalue weighted by molar-refractivity contribution is 0.0911. The highest BCUT2D eigenvalue weighted by Crippen LogP contribution is 2.39. The number of nitrogens with zero attached hydrogens (tertiary/aromatic N) is 1. The van der Waals surface area contributed by atoms with Crippen LogP contribution in [0.3, 0.4) is 0 Å². The van der Waals surface area contributed by atoms with Gasteiger partial charge in [-0.05, 0) is 59.0 Å². The van der Waals surface area contributed by atoms with E-state index in [1.807, 2.05) is 18.2 Å². The number of benzene rings is 1. The Morgan fingerprint density at radius 1 is 1.14 bits per heavy atom. The highest BCUT2D eigenvalue weighted by atomic mass is 79.9. The van der Waals surface area contributed by atoms with E-state index in [1.54, 1.807) is 0 Å². The van der Waals surface area contributed by atoms with Crippen LogP contribution in [0.4, 0.5) is 0 Å². The molecule has 1 heterocycles. The van der Waals surface area contributed by atoms with Gasteiger partial charge in [-0.25, -0.2) is 0 Å². The van der Waals surface area contributed by atoms with Gasteiger partial charge in [0.25, 0.3) is 0 Å². The number of halogens is 2. The molecular weight excluding hydrogens is 394 g/mol.